The topological polar surface area (TPSA) is 105 Å². The Bertz CT molecular complexity index is 1110. The van der Waals surface area contributed by atoms with E-state index in [0.717, 1.165) is 12.8 Å². The molecule has 1 fully saturated rings. The molecular formula is C24H25ClN2O6. The second-order valence-corrected chi connectivity index (χ2v) is 8.51. The Kier molecular flexibility index (Phi) is 6.47. The number of carboxylic acids is 1. The molecule has 0 radical (unpaired) electrons. The van der Waals surface area contributed by atoms with Gasteiger partial charge >= 0.3 is 5.97 Å². The molecule has 1 saturated carbocycles. The third-order valence-electron chi connectivity index (χ3n) is 5.88. The zero-order valence-electron chi connectivity index (χ0n) is 18.4. The van der Waals surface area contributed by atoms with Crippen molar-refractivity contribution in [3.05, 3.63) is 52.0 Å². The third-order valence-corrected chi connectivity index (χ3v) is 6.24. The monoisotopic (exact) mass is 472 g/mol. The van der Waals surface area contributed by atoms with E-state index in [1.807, 2.05) is 6.92 Å². The normalized spacial score (nSPS) is 15.7. The van der Waals surface area contributed by atoms with Crippen LogP contribution >= 0.6 is 11.6 Å². The summed E-state index contributed by atoms with van der Waals surface area (Å²) in [5.41, 5.74) is 1.88. The second-order valence-electron chi connectivity index (χ2n) is 8.10. The van der Waals surface area contributed by atoms with Crippen LogP contribution in [0.2, 0.25) is 5.02 Å². The van der Waals surface area contributed by atoms with Crippen LogP contribution in [0.5, 0.6) is 11.5 Å². The maximum atomic E-state index is 13.5. The summed E-state index contributed by atoms with van der Waals surface area (Å²) in [6.07, 6.45) is 1.36. The Hall–Kier alpha value is -3.26. The van der Waals surface area contributed by atoms with Crippen LogP contribution in [0.25, 0.3) is 0 Å². The first-order valence-electron chi connectivity index (χ1n) is 10.8. The first-order valence-corrected chi connectivity index (χ1v) is 11.2. The summed E-state index contributed by atoms with van der Waals surface area (Å²) >= 11 is 6.40. The average Bonchev–Trinajstić information content (AvgIpc) is 3.58. The summed E-state index contributed by atoms with van der Waals surface area (Å²) < 4.78 is 11.0. The van der Waals surface area contributed by atoms with Crippen LogP contribution in [-0.2, 0) is 16.1 Å². The molecule has 9 heteroatoms. The number of carbonyl (C=O) groups is 3. The molecule has 2 N–H and O–H groups in total. The molecule has 1 aliphatic carbocycles. The van der Waals surface area contributed by atoms with Gasteiger partial charge in [0.05, 0.1) is 37.4 Å². The van der Waals surface area contributed by atoms with Crippen LogP contribution in [0, 0.1) is 5.92 Å². The van der Waals surface area contributed by atoms with E-state index in [-0.39, 0.29) is 30.7 Å². The Labute approximate surface area is 196 Å². The molecule has 0 spiro atoms. The molecule has 2 aliphatic rings. The van der Waals surface area contributed by atoms with Crippen molar-refractivity contribution in [1.82, 2.24) is 4.90 Å². The van der Waals surface area contributed by atoms with E-state index in [2.05, 4.69) is 5.32 Å². The van der Waals surface area contributed by atoms with Crippen molar-refractivity contribution in [2.24, 2.45) is 5.92 Å². The number of ether oxygens (including phenoxy) is 2. The van der Waals surface area contributed by atoms with Crippen molar-refractivity contribution < 1.29 is 29.0 Å². The van der Waals surface area contributed by atoms with Gasteiger partial charge in [0.2, 0.25) is 5.91 Å². The van der Waals surface area contributed by atoms with Crippen LogP contribution in [0.3, 0.4) is 0 Å². The van der Waals surface area contributed by atoms with Gasteiger partial charge in [-0.1, -0.05) is 17.7 Å². The minimum atomic E-state index is -1.05. The molecule has 2 aromatic rings. The lowest BCUT2D eigenvalue weighted by Crippen LogP contribution is -2.31. The highest BCUT2D eigenvalue weighted by Gasteiger charge is 2.39. The van der Waals surface area contributed by atoms with Crippen molar-refractivity contribution in [2.75, 3.05) is 19.0 Å². The molecule has 2 amide bonds. The lowest BCUT2D eigenvalue weighted by atomic mass is 10.0. The van der Waals surface area contributed by atoms with Crippen molar-refractivity contribution in [3.8, 4) is 11.5 Å². The first kappa shape index (κ1) is 22.9. The van der Waals surface area contributed by atoms with Gasteiger partial charge in [0.25, 0.3) is 5.91 Å². The van der Waals surface area contributed by atoms with Crippen LogP contribution in [-0.4, -0.2) is 41.5 Å². The molecule has 4 rings (SSSR count). The molecule has 1 atom stereocenters. The zero-order chi connectivity index (χ0) is 23.7. The molecule has 0 aromatic heterocycles. The summed E-state index contributed by atoms with van der Waals surface area (Å²) in [7, 11) is 1.52. The Morgan fingerprint density at radius 2 is 2.00 bits per heavy atom. The van der Waals surface area contributed by atoms with E-state index in [1.54, 1.807) is 30.3 Å². The average molecular weight is 473 g/mol. The number of methoxy groups -OCH3 is 1. The number of rotatable bonds is 9. The number of nitrogens with zero attached hydrogens (tertiary/aromatic N) is 1. The molecule has 0 bridgehead atoms. The standard InChI is InChI=1S/C24H25ClN2O6/c1-3-33-20-10-14(6-9-19(20)32-2)18(11-21(28)29)27-12-15-16(25)7-8-17(22(15)24(27)31)26-23(30)13-4-5-13/h6-10,13,18H,3-5,11-12H2,1-2H3,(H,26,30)(H,28,29)/t18-/m1/s1. The number of carbonyl (C=O) groups excluding carboxylic acids is 2. The number of aliphatic carboxylic acids is 1. The number of benzene rings is 2. The predicted molar refractivity (Wildman–Crippen MR) is 122 cm³/mol. The molecule has 2 aromatic carbocycles. The van der Waals surface area contributed by atoms with Crippen LogP contribution < -0.4 is 14.8 Å². The SMILES string of the molecule is CCOc1cc([C@@H](CC(=O)O)N2Cc3c(Cl)ccc(NC(=O)C4CC4)c3C2=O)ccc1OC. The number of anilines is 1. The van der Waals surface area contributed by atoms with Crippen molar-refractivity contribution in [1.29, 1.82) is 0 Å². The maximum absolute atomic E-state index is 13.5. The van der Waals surface area contributed by atoms with Gasteiger partial charge in [-0.25, -0.2) is 0 Å². The largest absolute Gasteiger partial charge is 0.493 e. The van der Waals surface area contributed by atoms with Crippen LogP contribution in [0.15, 0.2) is 30.3 Å². The van der Waals surface area contributed by atoms with Gasteiger partial charge in [0.15, 0.2) is 11.5 Å². The number of halogens is 1. The fraction of sp³-hybridized carbons (Fsp3) is 0.375. The maximum Gasteiger partial charge on any atom is 0.305 e. The second kappa shape index (κ2) is 9.31. The molecule has 174 valence electrons. The highest BCUT2D eigenvalue weighted by atomic mass is 35.5. The number of amides is 2. The highest BCUT2D eigenvalue weighted by molar-refractivity contribution is 6.32. The Morgan fingerprint density at radius 1 is 1.24 bits per heavy atom. The molecule has 1 aliphatic heterocycles. The molecule has 33 heavy (non-hydrogen) atoms. The highest BCUT2D eigenvalue weighted by Crippen LogP contribution is 2.42. The number of hydrogen-bond acceptors (Lipinski definition) is 5. The van der Waals surface area contributed by atoms with E-state index in [4.69, 9.17) is 21.1 Å². The molecular weight excluding hydrogens is 448 g/mol. The van der Waals surface area contributed by atoms with Crippen molar-refractivity contribution in [2.45, 2.75) is 38.8 Å². The molecule has 0 unspecified atom stereocenters. The van der Waals surface area contributed by atoms with Gasteiger partial charge in [0.1, 0.15) is 0 Å². The summed E-state index contributed by atoms with van der Waals surface area (Å²) in [5, 5.41) is 12.8. The van der Waals surface area contributed by atoms with Crippen LogP contribution in [0.1, 0.15) is 53.7 Å². The van der Waals surface area contributed by atoms with Crippen molar-refractivity contribution in [3.63, 3.8) is 0 Å². The van der Waals surface area contributed by atoms with E-state index in [9.17, 15) is 19.5 Å². The van der Waals surface area contributed by atoms with E-state index < -0.39 is 12.0 Å². The van der Waals surface area contributed by atoms with Gasteiger partial charge in [0, 0.05) is 23.0 Å². The number of fused-ring (bicyclic) bond motifs is 1. The van der Waals surface area contributed by atoms with Gasteiger partial charge in [-0.2, -0.15) is 0 Å². The van der Waals surface area contributed by atoms with E-state index in [0.29, 0.717) is 45.5 Å². The molecule has 8 nitrogen and oxygen atoms in total. The summed E-state index contributed by atoms with van der Waals surface area (Å²) in [5.74, 6) is -0.597. The summed E-state index contributed by atoms with van der Waals surface area (Å²) in [6, 6.07) is 7.61. The fourth-order valence-electron chi connectivity index (χ4n) is 4.09. The smallest absolute Gasteiger partial charge is 0.305 e. The Morgan fingerprint density at radius 3 is 2.64 bits per heavy atom. The third kappa shape index (κ3) is 4.61. The summed E-state index contributed by atoms with van der Waals surface area (Å²) in [4.78, 5) is 39.1. The lowest BCUT2D eigenvalue weighted by molar-refractivity contribution is -0.138. The first-order chi connectivity index (χ1) is 15.8. The lowest BCUT2D eigenvalue weighted by Gasteiger charge is -2.28. The van der Waals surface area contributed by atoms with Gasteiger partial charge in [-0.3, -0.25) is 14.4 Å². The van der Waals surface area contributed by atoms with Gasteiger partial charge < -0.3 is 24.8 Å². The van der Waals surface area contributed by atoms with Crippen molar-refractivity contribution >= 4 is 35.1 Å². The van der Waals surface area contributed by atoms with Gasteiger partial charge in [-0.05, 0) is 49.6 Å². The van der Waals surface area contributed by atoms with Crippen LogP contribution in [0.4, 0.5) is 5.69 Å². The zero-order valence-corrected chi connectivity index (χ0v) is 19.1. The van der Waals surface area contributed by atoms with Gasteiger partial charge in [-0.15, -0.1) is 0 Å². The molecule has 1 heterocycles. The molecule has 0 saturated heterocycles. The number of carboxylic acid groups (broad SMARTS) is 1. The fourth-order valence-corrected chi connectivity index (χ4v) is 4.30. The van der Waals surface area contributed by atoms with E-state index in [1.165, 1.54) is 12.0 Å². The summed E-state index contributed by atoms with van der Waals surface area (Å²) in [6.45, 7) is 2.37. The predicted octanol–water partition coefficient (Wildman–Crippen LogP) is 4.27. The minimum Gasteiger partial charge on any atom is -0.493 e. The number of nitrogens with one attached hydrogen (secondary N) is 1. The van der Waals surface area contributed by atoms with E-state index >= 15 is 0 Å². The quantitative estimate of drug-likeness (QED) is 0.564. The Balaban J connectivity index is 1.71. The number of hydrogen-bond donors (Lipinski definition) is 2. The minimum absolute atomic E-state index is 0.0278.